The van der Waals surface area contributed by atoms with E-state index in [1.165, 1.54) is 154 Å². The first kappa shape index (κ1) is 29.0. The predicted octanol–water partition coefficient (Wildman–Crippen LogP) is 10.4. The van der Waals surface area contributed by atoms with Crippen molar-refractivity contribution in [2.75, 3.05) is 25.4 Å². The molecule has 34 heavy (non-hydrogen) atoms. The Morgan fingerprint density at radius 2 is 0.735 bits per heavy atom. The van der Waals surface area contributed by atoms with Crippen molar-refractivity contribution in [3.63, 3.8) is 0 Å². The summed E-state index contributed by atoms with van der Waals surface area (Å²) in [5.41, 5.74) is 4.23. The number of rotatable bonds is 11. The van der Waals surface area contributed by atoms with Gasteiger partial charge in [0.25, 0.3) is 0 Å². The van der Waals surface area contributed by atoms with Crippen LogP contribution in [0.25, 0.3) is 0 Å². The first-order valence-electron chi connectivity index (χ1n) is 15.0. The fraction of sp³-hybridized carbons (Fsp3) is 1.00. The molecule has 4 saturated carbocycles. The molecular weight excluding hydrogens is 584 g/mol. The first-order valence-corrected chi connectivity index (χ1v) is 23.6. The number of nitrogens with zero attached hydrogens (tertiary/aromatic N) is 1. The van der Waals surface area contributed by atoms with E-state index in [0.29, 0.717) is 0 Å². The number of hydrogen-bond acceptors (Lipinski definition) is 1. The average Bonchev–Trinajstić information content (AvgIpc) is 2.90. The third kappa shape index (κ3) is 9.05. The van der Waals surface area contributed by atoms with E-state index < -0.39 is 14.2 Å². The fourth-order valence-electron chi connectivity index (χ4n) is 7.65. The van der Waals surface area contributed by atoms with E-state index in [1.54, 1.807) is 0 Å². The van der Waals surface area contributed by atoms with Crippen molar-refractivity contribution in [3.8, 4) is 0 Å². The van der Waals surface area contributed by atoms with Gasteiger partial charge in [-0.15, -0.1) is 0 Å². The number of hydrogen-bond donors (Lipinski definition) is 0. The molecule has 0 heterocycles. The van der Waals surface area contributed by atoms with Crippen LogP contribution in [0, 0.1) is 0 Å². The van der Waals surface area contributed by atoms with E-state index in [-0.39, 0.29) is 15.8 Å². The molecule has 4 aliphatic rings. The van der Waals surface area contributed by atoms with Crippen molar-refractivity contribution in [2.24, 2.45) is 0 Å². The molecule has 0 aromatic heterocycles. The Hall–Kier alpha value is 2.02. The van der Waals surface area contributed by atoms with Crippen LogP contribution in [0.4, 0.5) is 0 Å². The molecule has 201 valence electrons. The first-order chi connectivity index (χ1) is 16.7. The zero-order valence-electron chi connectivity index (χ0n) is 21.7. The maximum absolute atomic E-state index is 6.80. The van der Waals surface area contributed by atoms with Crippen molar-refractivity contribution >= 4 is 35.2 Å². The van der Waals surface area contributed by atoms with E-state index in [2.05, 4.69) is 3.64 Å². The molecule has 0 unspecified atom stereocenters. The Kier molecular flexibility index (Phi) is 13.8. The van der Waals surface area contributed by atoms with E-state index in [9.17, 15) is 0 Å². The van der Waals surface area contributed by atoms with Gasteiger partial charge in [0.1, 0.15) is 0 Å². The summed E-state index contributed by atoms with van der Waals surface area (Å²) < 4.78 is 2.65. The zero-order chi connectivity index (χ0) is 23.6. The summed E-state index contributed by atoms with van der Waals surface area (Å²) in [7, 11) is 13.9. The van der Waals surface area contributed by atoms with Crippen LogP contribution >= 0.6 is 35.2 Å². The van der Waals surface area contributed by atoms with Gasteiger partial charge in [0.05, 0.1) is 0 Å². The van der Waals surface area contributed by atoms with Gasteiger partial charge in [-0.2, -0.15) is 0 Å². The molecule has 4 fully saturated rings. The third-order valence-electron chi connectivity index (χ3n) is 9.53. The van der Waals surface area contributed by atoms with Crippen LogP contribution < -0.4 is 0 Å². The van der Waals surface area contributed by atoms with E-state index in [1.807, 2.05) is 0 Å². The molecule has 6 heteroatoms. The van der Waals surface area contributed by atoms with Gasteiger partial charge in [0.15, 0.2) is 0 Å². The fourth-order valence-corrected chi connectivity index (χ4v) is 18.3. The molecule has 0 atom stereocenters. The Labute approximate surface area is 228 Å². The van der Waals surface area contributed by atoms with E-state index in [4.69, 9.17) is 19.4 Å². The van der Waals surface area contributed by atoms with Gasteiger partial charge < -0.3 is 0 Å². The molecule has 1 nitrogen and oxygen atoms in total. The van der Waals surface area contributed by atoms with Crippen molar-refractivity contribution in [2.45, 2.75) is 151 Å². The van der Waals surface area contributed by atoms with Gasteiger partial charge in [0, 0.05) is 0 Å². The second kappa shape index (κ2) is 16.2. The van der Waals surface area contributed by atoms with Crippen molar-refractivity contribution in [3.05, 3.63) is 0 Å². The minimum absolute atomic E-state index is 0.165. The standard InChI is InChI=1S/C28H52NP2.2ClH.Ru/c1-5-13-25(14-6-1)30(26-15-7-2-8-16-26)23-21-29-22-24-31(27-17-9-3-10-18-27)28-19-11-4-12-20-28;;;/h25-28H,1-24H2;2*1H;/q-1;;;+3/p-2. The van der Waals surface area contributed by atoms with Crippen LogP contribution in [0.5, 0.6) is 0 Å². The summed E-state index contributed by atoms with van der Waals surface area (Å²) in [6, 6.07) is 0. The van der Waals surface area contributed by atoms with E-state index >= 15 is 0 Å². The van der Waals surface area contributed by atoms with Gasteiger partial charge in [-0.3, -0.25) is 0 Å². The molecule has 0 saturated heterocycles. The molecule has 0 spiro atoms. The predicted molar refractivity (Wildman–Crippen MR) is 154 cm³/mol. The summed E-state index contributed by atoms with van der Waals surface area (Å²) in [5.74, 6) is 0. The van der Waals surface area contributed by atoms with Crippen LogP contribution in [-0.4, -0.2) is 51.7 Å². The number of halogens is 2. The van der Waals surface area contributed by atoms with Crippen LogP contribution in [0.3, 0.4) is 0 Å². The van der Waals surface area contributed by atoms with Crippen LogP contribution in [-0.2, 0) is 14.2 Å². The summed E-state index contributed by atoms with van der Waals surface area (Å²) in [6.45, 7) is 2.45. The normalized spacial score (nSPS) is 25.5. The molecule has 0 N–H and O–H groups in total. The Morgan fingerprint density at radius 1 is 0.471 bits per heavy atom. The molecule has 4 aliphatic carbocycles. The van der Waals surface area contributed by atoms with Gasteiger partial charge in [-0.1, -0.05) is 0 Å². The topological polar surface area (TPSA) is 3.24 Å². The average molecular weight is 637 g/mol. The molecular formula is C28H52Cl2NP2Ru. The van der Waals surface area contributed by atoms with Crippen LogP contribution in [0.15, 0.2) is 0 Å². The summed E-state index contributed by atoms with van der Waals surface area (Å²) >= 11 is -1.82. The summed E-state index contributed by atoms with van der Waals surface area (Å²) in [5, 5.41) is 0. The second-order valence-corrected chi connectivity index (χ2v) is 23.3. The third-order valence-corrected chi connectivity index (χ3v) is 20.4. The van der Waals surface area contributed by atoms with Crippen LogP contribution in [0.2, 0.25) is 0 Å². The molecule has 0 bridgehead atoms. The summed E-state index contributed by atoms with van der Waals surface area (Å²) in [6.07, 6.45) is 33.0. The minimum atomic E-state index is -1.82. The molecule has 0 radical (unpaired) electrons. The van der Waals surface area contributed by atoms with Gasteiger partial charge in [-0.05, 0) is 0 Å². The van der Waals surface area contributed by atoms with E-state index in [0.717, 1.165) is 22.6 Å². The Balaban J connectivity index is 1.35. The maximum atomic E-state index is 6.80. The monoisotopic (exact) mass is 636 g/mol. The SMILES string of the molecule is [Cl][Ru]([Cl])[N](CCP(C1CCCCC1)C1CCCCC1)CCP(C1CCCCC1)C1CCCCC1. The zero-order valence-corrected chi connectivity index (χ0v) is 26.8. The summed E-state index contributed by atoms with van der Waals surface area (Å²) in [4.78, 5) is 0. The van der Waals surface area contributed by atoms with Crippen molar-refractivity contribution in [1.82, 2.24) is 3.64 Å². The second-order valence-electron chi connectivity index (χ2n) is 11.7. The molecule has 0 amide bonds. The Morgan fingerprint density at radius 3 is 0.971 bits per heavy atom. The van der Waals surface area contributed by atoms with Gasteiger partial charge in [0.2, 0.25) is 0 Å². The molecule has 0 aromatic carbocycles. The van der Waals surface area contributed by atoms with Gasteiger partial charge in [-0.25, -0.2) is 0 Å². The molecule has 0 aliphatic heterocycles. The molecule has 4 rings (SSSR count). The quantitative estimate of drug-likeness (QED) is 0.161. The van der Waals surface area contributed by atoms with Gasteiger partial charge >= 0.3 is 230 Å². The molecule has 0 aromatic rings. The van der Waals surface area contributed by atoms with Crippen molar-refractivity contribution in [1.29, 1.82) is 0 Å². The van der Waals surface area contributed by atoms with Crippen molar-refractivity contribution < 1.29 is 14.2 Å². The Bertz CT molecular complexity index is 465. The van der Waals surface area contributed by atoms with Crippen LogP contribution in [0.1, 0.15) is 128 Å².